The Kier molecular flexibility index (Phi) is 7.62. The second-order valence-corrected chi connectivity index (χ2v) is 4.61. The minimum Gasteiger partial charge on any atom is -0.313 e. The highest BCUT2D eigenvalue weighted by Crippen LogP contribution is 2.09. The van der Waals surface area contributed by atoms with Crippen LogP contribution < -0.4 is 5.32 Å². The minimum atomic E-state index is 0.922. The van der Waals surface area contributed by atoms with Gasteiger partial charge < -0.3 is 5.32 Å². The summed E-state index contributed by atoms with van der Waals surface area (Å²) in [6.45, 7) is 11.8. The number of rotatable bonds is 9. The van der Waals surface area contributed by atoms with Gasteiger partial charge in [0.05, 0.1) is 5.69 Å². The summed E-state index contributed by atoms with van der Waals surface area (Å²) in [7, 11) is 0. The Balaban J connectivity index is 2.63. The second-order valence-electron chi connectivity index (χ2n) is 4.61. The van der Waals surface area contributed by atoms with Gasteiger partial charge in [0.1, 0.15) is 0 Å². The number of hydrogen-bond donors (Lipinski definition) is 1. The monoisotopic (exact) mass is 249 g/mol. The molecular weight excluding hydrogens is 222 g/mol. The second kappa shape index (κ2) is 9.06. The molecular formula is C15H27N3. The molecule has 1 heterocycles. The average molecular weight is 249 g/mol. The molecule has 1 aromatic rings. The third-order valence-electron chi connectivity index (χ3n) is 3.20. The fraction of sp³-hybridized carbons (Fsp3) is 0.667. The van der Waals surface area contributed by atoms with Crippen LogP contribution in [0.5, 0.6) is 0 Å². The van der Waals surface area contributed by atoms with Crippen molar-refractivity contribution < 1.29 is 0 Å². The van der Waals surface area contributed by atoms with E-state index < -0.39 is 0 Å². The van der Waals surface area contributed by atoms with Crippen molar-refractivity contribution in [2.45, 2.75) is 46.7 Å². The molecule has 0 radical (unpaired) electrons. The predicted molar refractivity (Wildman–Crippen MR) is 77.5 cm³/mol. The van der Waals surface area contributed by atoms with E-state index in [4.69, 9.17) is 0 Å². The standard InChI is InChI=1S/C15H27N3/c1-4-7-11-18(6-3)13-15-14(12-16-5-2)9-8-10-17-15/h8-10,16H,4-7,11-13H2,1-3H3. The van der Waals surface area contributed by atoms with E-state index in [1.807, 2.05) is 12.3 Å². The summed E-state index contributed by atoms with van der Waals surface area (Å²) in [6, 6.07) is 4.21. The largest absolute Gasteiger partial charge is 0.313 e. The first-order valence-corrected chi connectivity index (χ1v) is 7.17. The van der Waals surface area contributed by atoms with Gasteiger partial charge in [0.15, 0.2) is 0 Å². The molecule has 0 aliphatic rings. The van der Waals surface area contributed by atoms with E-state index in [1.54, 1.807) is 0 Å². The van der Waals surface area contributed by atoms with Crippen LogP contribution in [-0.2, 0) is 13.1 Å². The smallest absolute Gasteiger partial charge is 0.0588 e. The van der Waals surface area contributed by atoms with Gasteiger partial charge in [0.25, 0.3) is 0 Å². The van der Waals surface area contributed by atoms with E-state index in [0.717, 1.165) is 26.2 Å². The van der Waals surface area contributed by atoms with Crippen molar-refractivity contribution >= 4 is 0 Å². The van der Waals surface area contributed by atoms with Crippen molar-refractivity contribution in [2.75, 3.05) is 19.6 Å². The van der Waals surface area contributed by atoms with Gasteiger partial charge in [0.2, 0.25) is 0 Å². The Morgan fingerprint density at radius 1 is 1.28 bits per heavy atom. The fourth-order valence-corrected chi connectivity index (χ4v) is 1.98. The lowest BCUT2D eigenvalue weighted by Gasteiger charge is -2.21. The van der Waals surface area contributed by atoms with E-state index >= 15 is 0 Å². The summed E-state index contributed by atoms with van der Waals surface area (Å²) in [5.74, 6) is 0. The van der Waals surface area contributed by atoms with Crippen LogP contribution in [0.3, 0.4) is 0 Å². The molecule has 0 unspecified atom stereocenters. The van der Waals surface area contributed by atoms with Gasteiger partial charge in [-0.05, 0) is 37.7 Å². The van der Waals surface area contributed by atoms with Crippen molar-refractivity contribution in [2.24, 2.45) is 0 Å². The molecule has 0 aliphatic heterocycles. The molecule has 0 aromatic carbocycles. The van der Waals surface area contributed by atoms with E-state index in [1.165, 1.54) is 30.6 Å². The van der Waals surface area contributed by atoms with Crippen molar-refractivity contribution in [3.8, 4) is 0 Å². The molecule has 1 rings (SSSR count). The van der Waals surface area contributed by atoms with Crippen LogP contribution in [0.2, 0.25) is 0 Å². The first-order valence-electron chi connectivity index (χ1n) is 7.17. The molecule has 1 aromatic heterocycles. The van der Waals surface area contributed by atoms with E-state index in [-0.39, 0.29) is 0 Å². The number of nitrogens with one attached hydrogen (secondary N) is 1. The van der Waals surface area contributed by atoms with Crippen LogP contribution in [0.1, 0.15) is 44.9 Å². The molecule has 0 saturated carbocycles. The third-order valence-corrected chi connectivity index (χ3v) is 3.20. The average Bonchev–Trinajstić information content (AvgIpc) is 2.42. The quantitative estimate of drug-likeness (QED) is 0.729. The van der Waals surface area contributed by atoms with Gasteiger partial charge >= 0.3 is 0 Å². The molecule has 0 fully saturated rings. The van der Waals surface area contributed by atoms with E-state index in [0.29, 0.717) is 0 Å². The zero-order chi connectivity index (χ0) is 13.2. The van der Waals surface area contributed by atoms with Gasteiger partial charge in [-0.25, -0.2) is 0 Å². The fourth-order valence-electron chi connectivity index (χ4n) is 1.98. The van der Waals surface area contributed by atoms with Crippen molar-refractivity contribution in [3.05, 3.63) is 29.6 Å². The molecule has 3 nitrogen and oxygen atoms in total. The summed E-state index contributed by atoms with van der Waals surface area (Å²) in [4.78, 5) is 7.02. The van der Waals surface area contributed by atoms with Gasteiger partial charge in [0, 0.05) is 19.3 Å². The summed E-state index contributed by atoms with van der Waals surface area (Å²) >= 11 is 0. The third kappa shape index (κ3) is 5.15. The molecule has 0 aliphatic carbocycles. The van der Waals surface area contributed by atoms with Crippen LogP contribution in [0.4, 0.5) is 0 Å². The lowest BCUT2D eigenvalue weighted by Crippen LogP contribution is -2.26. The van der Waals surface area contributed by atoms with Gasteiger partial charge in [-0.1, -0.05) is 33.3 Å². The summed E-state index contributed by atoms with van der Waals surface area (Å²) in [5, 5.41) is 3.38. The van der Waals surface area contributed by atoms with Crippen LogP contribution >= 0.6 is 0 Å². The van der Waals surface area contributed by atoms with E-state index in [2.05, 4.69) is 42.0 Å². The van der Waals surface area contributed by atoms with Crippen LogP contribution in [0.25, 0.3) is 0 Å². The molecule has 3 heteroatoms. The molecule has 0 spiro atoms. The molecule has 0 bridgehead atoms. The summed E-state index contributed by atoms with van der Waals surface area (Å²) < 4.78 is 0. The molecule has 1 N–H and O–H groups in total. The van der Waals surface area contributed by atoms with Gasteiger partial charge in [-0.15, -0.1) is 0 Å². The Morgan fingerprint density at radius 3 is 2.78 bits per heavy atom. The Labute approximate surface area is 112 Å². The maximum atomic E-state index is 4.55. The Bertz CT molecular complexity index is 325. The SMILES string of the molecule is CCCCN(CC)Cc1ncccc1CNCC. The molecule has 0 amide bonds. The predicted octanol–water partition coefficient (Wildman–Crippen LogP) is 2.81. The maximum absolute atomic E-state index is 4.55. The number of nitrogens with zero attached hydrogens (tertiary/aromatic N) is 2. The van der Waals surface area contributed by atoms with Crippen LogP contribution in [-0.4, -0.2) is 29.5 Å². The summed E-state index contributed by atoms with van der Waals surface area (Å²) in [6.07, 6.45) is 4.42. The normalized spacial score (nSPS) is 11.1. The molecule has 0 atom stereocenters. The van der Waals surface area contributed by atoms with Gasteiger partial charge in [-0.2, -0.15) is 0 Å². The summed E-state index contributed by atoms with van der Waals surface area (Å²) in [5.41, 5.74) is 2.55. The van der Waals surface area contributed by atoms with Crippen molar-refractivity contribution in [1.82, 2.24) is 15.2 Å². The highest BCUT2D eigenvalue weighted by molar-refractivity contribution is 5.19. The number of aromatic nitrogens is 1. The minimum absolute atomic E-state index is 0.922. The number of pyridine rings is 1. The Hall–Kier alpha value is -0.930. The highest BCUT2D eigenvalue weighted by Gasteiger charge is 2.08. The van der Waals surface area contributed by atoms with Crippen molar-refractivity contribution in [1.29, 1.82) is 0 Å². The van der Waals surface area contributed by atoms with E-state index in [9.17, 15) is 0 Å². The highest BCUT2D eigenvalue weighted by atomic mass is 15.1. The lowest BCUT2D eigenvalue weighted by atomic mass is 10.1. The molecule has 18 heavy (non-hydrogen) atoms. The topological polar surface area (TPSA) is 28.2 Å². The maximum Gasteiger partial charge on any atom is 0.0588 e. The molecule has 102 valence electrons. The van der Waals surface area contributed by atoms with Crippen molar-refractivity contribution in [3.63, 3.8) is 0 Å². The zero-order valence-electron chi connectivity index (χ0n) is 12.1. The first kappa shape index (κ1) is 15.1. The lowest BCUT2D eigenvalue weighted by molar-refractivity contribution is 0.271. The number of unbranched alkanes of at least 4 members (excludes halogenated alkanes) is 1. The van der Waals surface area contributed by atoms with Crippen LogP contribution in [0.15, 0.2) is 18.3 Å². The van der Waals surface area contributed by atoms with Gasteiger partial charge in [-0.3, -0.25) is 9.88 Å². The number of hydrogen-bond acceptors (Lipinski definition) is 3. The Morgan fingerprint density at radius 2 is 2.11 bits per heavy atom. The zero-order valence-corrected chi connectivity index (χ0v) is 12.1. The first-order chi connectivity index (χ1) is 8.81. The van der Waals surface area contributed by atoms with Crippen LogP contribution in [0, 0.1) is 0 Å². The molecule has 0 saturated heterocycles.